The van der Waals surface area contributed by atoms with Crippen LogP contribution in [0.5, 0.6) is 0 Å². The number of benzene rings is 1. The van der Waals surface area contributed by atoms with Gasteiger partial charge in [-0.05, 0) is 44.0 Å². The van der Waals surface area contributed by atoms with Gasteiger partial charge in [-0.15, -0.1) is 0 Å². The Hall–Kier alpha value is -2.17. The number of esters is 1. The molecular weight excluding hydrogens is 234 g/mol. The molecule has 0 aliphatic heterocycles. The van der Waals surface area contributed by atoms with Crippen molar-refractivity contribution < 1.29 is 14.5 Å². The highest BCUT2D eigenvalue weighted by Crippen LogP contribution is 2.21. The Kier molecular flexibility index (Phi) is 4.59. The number of allylic oxidation sites excluding steroid dienone is 1. The summed E-state index contributed by atoms with van der Waals surface area (Å²) < 4.78 is 4.90. The average Bonchev–Trinajstić information content (AvgIpc) is 2.37. The molecule has 0 N–H and O–H groups in total. The van der Waals surface area contributed by atoms with Gasteiger partial charge in [0, 0.05) is 17.7 Å². The molecule has 0 radical (unpaired) electrons. The molecule has 5 nitrogen and oxygen atoms in total. The smallest absolute Gasteiger partial charge is 0.333 e. The summed E-state index contributed by atoms with van der Waals surface area (Å²) in [5.41, 5.74) is 2.06. The molecule has 1 aromatic rings. The molecule has 0 unspecified atom stereocenters. The monoisotopic (exact) mass is 249 g/mol. The van der Waals surface area contributed by atoms with Crippen LogP contribution < -0.4 is 0 Å². The quantitative estimate of drug-likeness (QED) is 0.356. The first-order valence-electron chi connectivity index (χ1n) is 5.56. The Labute approximate surface area is 105 Å². The lowest BCUT2D eigenvalue weighted by atomic mass is 10.0. The summed E-state index contributed by atoms with van der Waals surface area (Å²) in [5, 5.41) is 10.5. The number of carbonyl (C=O) groups excluding carboxylic acids is 1. The van der Waals surface area contributed by atoms with Gasteiger partial charge in [0.1, 0.15) is 0 Å². The largest absolute Gasteiger partial charge is 0.463 e. The molecule has 0 aliphatic rings. The molecule has 1 rings (SSSR count). The van der Waals surface area contributed by atoms with Crippen molar-refractivity contribution >= 4 is 17.2 Å². The van der Waals surface area contributed by atoms with Crippen molar-refractivity contribution in [2.24, 2.45) is 0 Å². The fraction of sp³-hybridized carbons (Fsp3) is 0.308. The first-order chi connectivity index (χ1) is 8.47. The van der Waals surface area contributed by atoms with Crippen LogP contribution in [-0.4, -0.2) is 17.5 Å². The number of nitrogens with zero attached hydrogens (tertiary/aromatic N) is 1. The zero-order valence-electron chi connectivity index (χ0n) is 10.6. The Morgan fingerprint density at radius 2 is 1.83 bits per heavy atom. The van der Waals surface area contributed by atoms with Crippen LogP contribution in [0.2, 0.25) is 0 Å². The minimum Gasteiger partial charge on any atom is -0.463 e. The number of rotatable bonds is 4. The maximum Gasteiger partial charge on any atom is 0.333 e. The lowest BCUT2D eigenvalue weighted by Crippen LogP contribution is -2.06. The van der Waals surface area contributed by atoms with Gasteiger partial charge in [-0.25, -0.2) is 4.79 Å². The van der Waals surface area contributed by atoms with E-state index in [-0.39, 0.29) is 11.7 Å². The summed E-state index contributed by atoms with van der Waals surface area (Å²) in [5.74, 6) is -0.367. The fourth-order valence-electron chi connectivity index (χ4n) is 1.44. The lowest BCUT2D eigenvalue weighted by molar-refractivity contribution is -0.384. The van der Waals surface area contributed by atoms with E-state index < -0.39 is 4.92 Å². The zero-order valence-corrected chi connectivity index (χ0v) is 10.6. The predicted octanol–water partition coefficient (Wildman–Crippen LogP) is 2.95. The molecule has 0 fully saturated rings. The standard InChI is InChI=1S/C13H15NO4/c1-4-18-13(15)10(3)9(2)11-5-7-12(8-6-11)14(16)17/h5-8H,4H2,1-3H3. The second-order valence-electron chi connectivity index (χ2n) is 3.77. The molecule has 18 heavy (non-hydrogen) atoms. The van der Waals surface area contributed by atoms with E-state index in [4.69, 9.17) is 4.74 Å². The van der Waals surface area contributed by atoms with Crippen LogP contribution in [0, 0.1) is 10.1 Å². The van der Waals surface area contributed by atoms with Crippen LogP contribution in [-0.2, 0) is 9.53 Å². The highest BCUT2D eigenvalue weighted by molar-refractivity contribution is 5.96. The van der Waals surface area contributed by atoms with Gasteiger partial charge >= 0.3 is 5.97 Å². The molecule has 0 amide bonds. The molecule has 0 aromatic heterocycles. The van der Waals surface area contributed by atoms with Crippen molar-refractivity contribution in [1.82, 2.24) is 0 Å². The summed E-state index contributed by atoms with van der Waals surface area (Å²) in [7, 11) is 0. The van der Waals surface area contributed by atoms with Gasteiger partial charge in [0.25, 0.3) is 5.69 Å². The SMILES string of the molecule is CCOC(=O)C(C)=C(C)c1ccc([N+](=O)[O-])cc1. The van der Waals surface area contributed by atoms with Gasteiger partial charge in [0.2, 0.25) is 0 Å². The molecule has 0 saturated heterocycles. The lowest BCUT2D eigenvalue weighted by Gasteiger charge is -2.07. The molecule has 0 aliphatic carbocycles. The summed E-state index contributed by atoms with van der Waals surface area (Å²) in [4.78, 5) is 21.6. The van der Waals surface area contributed by atoms with Crippen molar-refractivity contribution in [2.75, 3.05) is 6.61 Å². The average molecular weight is 249 g/mol. The van der Waals surface area contributed by atoms with E-state index in [2.05, 4.69) is 0 Å². The van der Waals surface area contributed by atoms with Gasteiger partial charge in [0.15, 0.2) is 0 Å². The van der Waals surface area contributed by atoms with Gasteiger partial charge in [-0.3, -0.25) is 10.1 Å². The fourth-order valence-corrected chi connectivity index (χ4v) is 1.44. The van der Waals surface area contributed by atoms with Gasteiger partial charge in [-0.1, -0.05) is 0 Å². The van der Waals surface area contributed by atoms with Gasteiger partial charge in [-0.2, -0.15) is 0 Å². The van der Waals surface area contributed by atoms with Crippen LogP contribution in [0.3, 0.4) is 0 Å². The van der Waals surface area contributed by atoms with Gasteiger partial charge in [0.05, 0.1) is 11.5 Å². The maximum atomic E-state index is 11.5. The minimum atomic E-state index is -0.457. The van der Waals surface area contributed by atoms with E-state index in [9.17, 15) is 14.9 Å². The summed E-state index contributed by atoms with van der Waals surface area (Å²) in [6.07, 6.45) is 0. The van der Waals surface area contributed by atoms with Crippen molar-refractivity contribution in [2.45, 2.75) is 20.8 Å². The molecule has 0 bridgehead atoms. The molecule has 0 saturated carbocycles. The first kappa shape index (κ1) is 13.9. The number of hydrogen-bond acceptors (Lipinski definition) is 4. The third kappa shape index (κ3) is 3.16. The van der Waals surface area contributed by atoms with Gasteiger partial charge < -0.3 is 4.74 Å². The Morgan fingerprint density at radius 1 is 1.28 bits per heavy atom. The first-order valence-corrected chi connectivity index (χ1v) is 5.56. The minimum absolute atomic E-state index is 0.0281. The number of hydrogen-bond donors (Lipinski definition) is 0. The van der Waals surface area contributed by atoms with E-state index in [1.165, 1.54) is 12.1 Å². The van der Waals surface area contributed by atoms with Crippen LogP contribution in [0.4, 0.5) is 5.69 Å². The number of carbonyl (C=O) groups is 1. The normalized spacial score (nSPS) is 11.7. The summed E-state index contributed by atoms with van der Waals surface area (Å²) in [6, 6.07) is 6.07. The Balaban J connectivity index is 3.02. The van der Waals surface area contributed by atoms with Crippen LogP contribution in [0.1, 0.15) is 26.3 Å². The third-order valence-electron chi connectivity index (χ3n) is 2.66. The van der Waals surface area contributed by atoms with E-state index in [1.807, 2.05) is 0 Å². The van der Waals surface area contributed by atoms with Crippen molar-refractivity contribution in [3.05, 3.63) is 45.5 Å². The molecule has 0 atom stereocenters. The number of non-ortho nitro benzene ring substituents is 1. The molecule has 96 valence electrons. The van der Waals surface area contributed by atoms with Crippen molar-refractivity contribution in [3.8, 4) is 0 Å². The predicted molar refractivity (Wildman–Crippen MR) is 68.0 cm³/mol. The third-order valence-corrected chi connectivity index (χ3v) is 2.66. The number of nitro benzene ring substituents is 1. The second-order valence-corrected chi connectivity index (χ2v) is 3.77. The number of nitro groups is 1. The number of ether oxygens (including phenoxy) is 1. The summed E-state index contributed by atoms with van der Waals surface area (Å²) in [6.45, 7) is 5.53. The molecule has 5 heteroatoms. The molecule has 0 spiro atoms. The van der Waals surface area contributed by atoms with Crippen LogP contribution in [0.15, 0.2) is 29.8 Å². The highest BCUT2D eigenvalue weighted by Gasteiger charge is 2.11. The second kappa shape index (κ2) is 5.95. The molecule has 0 heterocycles. The van der Waals surface area contributed by atoms with Crippen LogP contribution in [0.25, 0.3) is 5.57 Å². The van der Waals surface area contributed by atoms with E-state index in [1.54, 1.807) is 32.9 Å². The van der Waals surface area contributed by atoms with Crippen LogP contribution >= 0.6 is 0 Å². The molecular formula is C13H15NO4. The van der Waals surface area contributed by atoms with E-state index in [0.717, 1.165) is 11.1 Å². The molecule has 1 aromatic carbocycles. The highest BCUT2D eigenvalue weighted by atomic mass is 16.6. The van der Waals surface area contributed by atoms with Crippen molar-refractivity contribution in [1.29, 1.82) is 0 Å². The Bertz CT molecular complexity index is 488. The Morgan fingerprint density at radius 3 is 2.28 bits per heavy atom. The van der Waals surface area contributed by atoms with E-state index >= 15 is 0 Å². The zero-order chi connectivity index (χ0) is 13.7. The summed E-state index contributed by atoms with van der Waals surface area (Å²) >= 11 is 0. The van der Waals surface area contributed by atoms with Crippen molar-refractivity contribution in [3.63, 3.8) is 0 Å². The maximum absolute atomic E-state index is 11.5. The topological polar surface area (TPSA) is 69.4 Å². The van der Waals surface area contributed by atoms with E-state index in [0.29, 0.717) is 12.2 Å².